The number of ether oxygens (including phenoxy) is 3. The second kappa shape index (κ2) is 49.0. The molecule has 1 atom stereocenters. The summed E-state index contributed by atoms with van der Waals surface area (Å²) in [4.78, 5) is 37.7. The molecule has 0 aliphatic rings. The summed E-state index contributed by atoms with van der Waals surface area (Å²) >= 11 is 0. The molecule has 0 aromatic rings. The molecule has 0 saturated carbocycles. The zero-order valence-electron chi connectivity index (χ0n) is 39.4. The molecule has 0 spiro atoms. The van der Waals surface area contributed by atoms with Gasteiger partial charge in [-0.3, -0.25) is 14.4 Å². The van der Waals surface area contributed by atoms with Gasteiger partial charge in [0.2, 0.25) is 0 Å². The highest BCUT2D eigenvalue weighted by molar-refractivity contribution is 5.71. The van der Waals surface area contributed by atoms with E-state index in [0.29, 0.717) is 19.3 Å². The van der Waals surface area contributed by atoms with E-state index in [-0.39, 0.29) is 37.5 Å². The van der Waals surface area contributed by atoms with Crippen molar-refractivity contribution in [3.8, 4) is 0 Å². The molecule has 0 aromatic carbocycles. The second-order valence-corrected chi connectivity index (χ2v) is 16.0. The molecule has 0 aromatic heterocycles. The van der Waals surface area contributed by atoms with Crippen LogP contribution in [0.3, 0.4) is 0 Å². The fraction of sp³-hybridized carbons (Fsp3) is 0.655. The van der Waals surface area contributed by atoms with Gasteiger partial charge in [0.05, 0.1) is 0 Å². The maximum Gasteiger partial charge on any atom is 0.306 e. The topological polar surface area (TPSA) is 78.9 Å². The van der Waals surface area contributed by atoms with Gasteiger partial charge in [-0.1, -0.05) is 195 Å². The zero-order valence-corrected chi connectivity index (χ0v) is 39.4. The number of carbonyl (C=O) groups excluding carboxylic acids is 3. The molecule has 0 aliphatic heterocycles. The number of allylic oxidation sites excluding steroid dienone is 16. The molecule has 1 unspecified atom stereocenters. The van der Waals surface area contributed by atoms with Crippen molar-refractivity contribution in [3.63, 3.8) is 0 Å². The van der Waals surface area contributed by atoms with E-state index in [4.69, 9.17) is 14.2 Å². The summed E-state index contributed by atoms with van der Waals surface area (Å²) in [6.45, 7) is 6.31. The number of hydrogen-bond donors (Lipinski definition) is 0. The van der Waals surface area contributed by atoms with Gasteiger partial charge in [-0.25, -0.2) is 0 Å². The highest BCUT2D eigenvalue weighted by Crippen LogP contribution is 2.13. The first-order valence-corrected chi connectivity index (χ1v) is 24.7. The van der Waals surface area contributed by atoms with Crippen molar-refractivity contribution in [2.45, 2.75) is 219 Å². The molecule has 0 N–H and O–H groups in total. The van der Waals surface area contributed by atoms with Crippen LogP contribution in [0, 0.1) is 0 Å². The highest BCUT2D eigenvalue weighted by Gasteiger charge is 2.19. The van der Waals surface area contributed by atoms with Gasteiger partial charge in [0.15, 0.2) is 6.10 Å². The third-order valence-corrected chi connectivity index (χ3v) is 10.1. The summed E-state index contributed by atoms with van der Waals surface area (Å²) < 4.78 is 16.7. The second-order valence-electron chi connectivity index (χ2n) is 16.0. The minimum absolute atomic E-state index is 0.0975. The van der Waals surface area contributed by atoms with Crippen LogP contribution in [-0.2, 0) is 28.6 Å². The average Bonchev–Trinajstić information content (AvgIpc) is 3.26. The Morgan fingerprint density at radius 3 is 1.03 bits per heavy atom. The van der Waals surface area contributed by atoms with Crippen molar-refractivity contribution in [2.24, 2.45) is 0 Å². The first-order valence-electron chi connectivity index (χ1n) is 24.7. The molecule has 0 aliphatic carbocycles. The third kappa shape index (κ3) is 47.2. The van der Waals surface area contributed by atoms with Crippen molar-refractivity contribution in [2.75, 3.05) is 13.2 Å². The number of unbranched alkanes of at least 4 members (excludes halogenated alkanes) is 16. The van der Waals surface area contributed by atoms with Crippen LogP contribution in [0.15, 0.2) is 97.2 Å². The fourth-order valence-corrected chi connectivity index (χ4v) is 6.42. The van der Waals surface area contributed by atoms with Crippen LogP contribution in [0.4, 0.5) is 0 Å². The SMILES string of the molecule is CC/C=C\C/C=C\C/C=C\C/C=C\CCCCCCCCCCC(=O)OCC(COC(=O)CCCCCCCCC)OC(=O)CCCC/C=C\C/C=C\C/C=C\C/C=C\CC. The van der Waals surface area contributed by atoms with Crippen molar-refractivity contribution < 1.29 is 28.6 Å². The molecule has 6 heteroatoms. The van der Waals surface area contributed by atoms with Gasteiger partial charge in [-0.2, -0.15) is 0 Å². The largest absolute Gasteiger partial charge is 0.462 e. The maximum absolute atomic E-state index is 12.7. The number of carbonyl (C=O) groups is 3. The number of esters is 3. The Bertz CT molecular complexity index is 1250. The van der Waals surface area contributed by atoms with Gasteiger partial charge in [0, 0.05) is 19.3 Å². The fourth-order valence-electron chi connectivity index (χ4n) is 6.42. The minimum Gasteiger partial charge on any atom is -0.462 e. The molecule has 0 rings (SSSR count). The van der Waals surface area contributed by atoms with Gasteiger partial charge in [-0.15, -0.1) is 0 Å². The van der Waals surface area contributed by atoms with Crippen LogP contribution >= 0.6 is 0 Å². The van der Waals surface area contributed by atoms with E-state index in [0.717, 1.165) is 109 Å². The third-order valence-electron chi connectivity index (χ3n) is 10.1. The smallest absolute Gasteiger partial charge is 0.306 e. The molecule has 6 nitrogen and oxygen atoms in total. The van der Waals surface area contributed by atoms with Crippen LogP contribution in [0.5, 0.6) is 0 Å². The molecule has 0 heterocycles. The molecule has 0 radical (unpaired) electrons. The van der Waals surface area contributed by atoms with E-state index in [1.807, 2.05) is 0 Å². The number of hydrogen-bond acceptors (Lipinski definition) is 6. The Hall–Kier alpha value is -3.67. The lowest BCUT2D eigenvalue weighted by Gasteiger charge is -2.18. The maximum atomic E-state index is 12.7. The van der Waals surface area contributed by atoms with E-state index < -0.39 is 6.10 Å². The molecule has 346 valence electrons. The van der Waals surface area contributed by atoms with Gasteiger partial charge in [-0.05, 0) is 96.3 Å². The molecule has 0 bridgehead atoms. The predicted octanol–water partition coefficient (Wildman–Crippen LogP) is 16.2. The zero-order chi connectivity index (χ0) is 44.4. The predicted molar refractivity (Wildman–Crippen MR) is 260 cm³/mol. The van der Waals surface area contributed by atoms with Crippen LogP contribution in [0.1, 0.15) is 213 Å². The standard InChI is InChI=1S/C55H90O6/c1-4-7-10-13-16-18-20-22-24-25-26-27-28-29-31-32-34-36-39-42-45-48-54(57)60-51-52(50-59-53(56)47-44-41-38-15-12-9-6-3)61-55(58)49-46-43-40-37-35-33-30-23-21-19-17-14-11-8-5-2/h7-8,10-11,16-19,22-24,26-27,30,35,37,52H,4-6,9,12-15,20-21,25,28-29,31-34,36,38-51H2,1-3H3/b10-7-,11-8-,18-16-,19-17-,24-22-,27-26-,30-23-,37-35-. The van der Waals surface area contributed by atoms with E-state index in [1.165, 1.54) is 57.8 Å². The molecule has 61 heavy (non-hydrogen) atoms. The van der Waals surface area contributed by atoms with Crippen LogP contribution < -0.4 is 0 Å². The van der Waals surface area contributed by atoms with Crippen molar-refractivity contribution in [1.82, 2.24) is 0 Å². The van der Waals surface area contributed by atoms with Crippen molar-refractivity contribution in [3.05, 3.63) is 97.2 Å². The van der Waals surface area contributed by atoms with Gasteiger partial charge in [0.1, 0.15) is 13.2 Å². The quantitative estimate of drug-likeness (QED) is 0.0263. The van der Waals surface area contributed by atoms with E-state index >= 15 is 0 Å². The molecular weight excluding hydrogens is 757 g/mol. The Morgan fingerprint density at radius 1 is 0.344 bits per heavy atom. The minimum atomic E-state index is -0.799. The normalized spacial score (nSPS) is 12.9. The summed E-state index contributed by atoms with van der Waals surface area (Å²) in [6, 6.07) is 0. The van der Waals surface area contributed by atoms with Gasteiger partial charge < -0.3 is 14.2 Å². The Balaban J connectivity index is 4.33. The lowest BCUT2D eigenvalue weighted by molar-refractivity contribution is -0.167. The first-order chi connectivity index (χ1) is 30.0. The molecule has 0 amide bonds. The average molecular weight is 847 g/mol. The Labute approximate surface area is 375 Å². The summed E-state index contributed by atoms with van der Waals surface area (Å²) in [5.41, 5.74) is 0. The molecule has 0 saturated heterocycles. The lowest BCUT2D eigenvalue weighted by Crippen LogP contribution is -2.30. The van der Waals surface area contributed by atoms with Crippen LogP contribution in [-0.4, -0.2) is 37.2 Å². The van der Waals surface area contributed by atoms with Crippen LogP contribution in [0.25, 0.3) is 0 Å². The van der Waals surface area contributed by atoms with E-state index in [9.17, 15) is 14.4 Å². The number of rotatable bonds is 43. The van der Waals surface area contributed by atoms with Crippen LogP contribution in [0.2, 0.25) is 0 Å². The summed E-state index contributed by atoms with van der Waals surface area (Å²) in [7, 11) is 0. The summed E-state index contributed by atoms with van der Waals surface area (Å²) in [5.74, 6) is -0.960. The van der Waals surface area contributed by atoms with Crippen molar-refractivity contribution in [1.29, 1.82) is 0 Å². The van der Waals surface area contributed by atoms with E-state index in [2.05, 4.69) is 118 Å². The first kappa shape index (κ1) is 57.3. The molecular formula is C55H90O6. The lowest BCUT2D eigenvalue weighted by atomic mass is 10.1. The van der Waals surface area contributed by atoms with Gasteiger partial charge >= 0.3 is 17.9 Å². The van der Waals surface area contributed by atoms with E-state index in [1.54, 1.807) is 0 Å². The Kier molecular flexibility index (Phi) is 46.0. The summed E-state index contributed by atoms with van der Waals surface area (Å²) in [5, 5.41) is 0. The summed E-state index contributed by atoms with van der Waals surface area (Å²) in [6.07, 6.45) is 64.1. The Morgan fingerprint density at radius 2 is 0.639 bits per heavy atom. The van der Waals surface area contributed by atoms with Gasteiger partial charge in [0.25, 0.3) is 0 Å². The monoisotopic (exact) mass is 847 g/mol. The molecule has 0 fully saturated rings. The highest BCUT2D eigenvalue weighted by atomic mass is 16.6. The van der Waals surface area contributed by atoms with Crippen molar-refractivity contribution >= 4 is 17.9 Å².